The summed E-state index contributed by atoms with van der Waals surface area (Å²) in [6.07, 6.45) is 0.639. The molecule has 1 aliphatic carbocycles. The molecule has 0 bridgehead atoms. The molecule has 4 amide bonds. The summed E-state index contributed by atoms with van der Waals surface area (Å²) in [5.74, 6) is -1.06. The Kier molecular flexibility index (Phi) is 1.37. The largest absolute Gasteiger partial charge is 0.369 e. The van der Waals surface area contributed by atoms with Gasteiger partial charge in [0.25, 0.3) is 5.91 Å². The summed E-state index contributed by atoms with van der Waals surface area (Å²) < 4.78 is 0. The van der Waals surface area contributed by atoms with Crippen LogP contribution in [0.1, 0.15) is 12.8 Å². The summed E-state index contributed by atoms with van der Waals surface area (Å²) in [5, 5.41) is 4.62. The fourth-order valence-corrected chi connectivity index (χ4v) is 1.80. The number of amides is 4. The van der Waals surface area contributed by atoms with Gasteiger partial charge in [0.1, 0.15) is 5.54 Å². The first-order valence-electron chi connectivity index (χ1n) is 3.96. The monoisotopic (exact) mass is 183 g/mol. The fourth-order valence-electron chi connectivity index (χ4n) is 1.80. The number of imide groups is 1. The van der Waals surface area contributed by atoms with Gasteiger partial charge >= 0.3 is 6.03 Å². The second kappa shape index (κ2) is 2.21. The lowest BCUT2D eigenvalue weighted by molar-refractivity contribution is -0.134. The molecule has 70 valence electrons. The topological polar surface area (TPSA) is 101 Å². The first-order valence-corrected chi connectivity index (χ1v) is 3.96. The molecule has 0 atom stereocenters. The van der Waals surface area contributed by atoms with E-state index >= 15 is 0 Å². The number of nitrogens with two attached hydrogens (primary N) is 1. The van der Waals surface area contributed by atoms with Crippen LogP contribution in [0.4, 0.5) is 4.79 Å². The molecule has 1 aliphatic heterocycles. The molecule has 0 aromatic heterocycles. The van der Waals surface area contributed by atoms with Gasteiger partial charge in [-0.05, 0) is 12.8 Å². The Bertz CT molecular complexity index is 306. The maximum absolute atomic E-state index is 11.2. The molecule has 0 aromatic carbocycles. The molecule has 4 N–H and O–H groups in total. The van der Waals surface area contributed by atoms with Crippen molar-refractivity contribution in [3.63, 3.8) is 0 Å². The van der Waals surface area contributed by atoms with Crippen molar-refractivity contribution in [3.8, 4) is 0 Å². The van der Waals surface area contributed by atoms with Gasteiger partial charge in [0.05, 0.1) is 0 Å². The number of carbonyl (C=O) groups is 3. The average Bonchev–Trinajstić information content (AvgIpc) is 2.21. The number of urea groups is 1. The molecule has 2 aliphatic rings. The van der Waals surface area contributed by atoms with E-state index in [4.69, 9.17) is 5.73 Å². The molecule has 2 fully saturated rings. The first-order chi connectivity index (χ1) is 6.03. The van der Waals surface area contributed by atoms with Crippen molar-refractivity contribution in [2.75, 3.05) is 0 Å². The van der Waals surface area contributed by atoms with Gasteiger partial charge in [-0.25, -0.2) is 4.79 Å². The standard InChI is InChI=1S/C7H9N3O3/c8-4(11)3-1-7(2-3)5(12)9-6(13)10-7/h3H,1-2H2,(H2,8,11)(H2,9,10,12,13). The quantitative estimate of drug-likeness (QED) is 0.429. The highest BCUT2D eigenvalue weighted by Crippen LogP contribution is 2.39. The van der Waals surface area contributed by atoms with E-state index in [2.05, 4.69) is 10.6 Å². The second-order valence-electron chi connectivity index (χ2n) is 3.50. The van der Waals surface area contributed by atoms with E-state index in [0.717, 1.165) is 0 Å². The van der Waals surface area contributed by atoms with E-state index < -0.39 is 17.5 Å². The van der Waals surface area contributed by atoms with Gasteiger partial charge < -0.3 is 11.1 Å². The van der Waals surface area contributed by atoms with Gasteiger partial charge in [-0.3, -0.25) is 14.9 Å². The SMILES string of the molecule is NC(=O)C1CC2(C1)NC(=O)NC2=O. The normalized spacial score (nSPS) is 36.8. The van der Waals surface area contributed by atoms with Crippen molar-refractivity contribution in [3.05, 3.63) is 0 Å². The fraction of sp³-hybridized carbons (Fsp3) is 0.571. The predicted molar refractivity (Wildman–Crippen MR) is 41.3 cm³/mol. The van der Waals surface area contributed by atoms with Gasteiger partial charge in [0, 0.05) is 5.92 Å². The molecule has 0 aromatic rings. The molecular weight excluding hydrogens is 174 g/mol. The summed E-state index contributed by atoms with van der Waals surface area (Å²) >= 11 is 0. The zero-order valence-corrected chi connectivity index (χ0v) is 6.79. The Morgan fingerprint density at radius 3 is 2.46 bits per heavy atom. The molecule has 1 heterocycles. The van der Waals surface area contributed by atoms with Crippen LogP contribution in [0, 0.1) is 5.92 Å². The van der Waals surface area contributed by atoms with E-state index in [0.29, 0.717) is 12.8 Å². The van der Waals surface area contributed by atoms with E-state index in [9.17, 15) is 14.4 Å². The summed E-state index contributed by atoms with van der Waals surface area (Å²) in [6, 6.07) is -0.493. The Hall–Kier alpha value is -1.59. The zero-order chi connectivity index (χ0) is 9.64. The molecule has 6 nitrogen and oxygen atoms in total. The van der Waals surface area contributed by atoms with Crippen LogP contribution in [0.25, 0.3) is 0 Å². The van der Waals surface area contributed by atoms with E-state index in [1.807, 2.05) is 0 Å². The Labute approximate surface area is 73.8 Å². The minimum Gasteiger partial charge on any atom is -0.369 e. The van der Waals surface area contributed by atoms with Gasteiger partial charge in [0.15, 0.2) is 0 Å². The van der Waals surface area contributed by atoms with Crippen LogP contribution in [0.15, 0.2) is 0 Å². The third kappa shape index (κ3) is 0.980. The van der Waals surface area contributed by atoms with E-state index in [1.165, 1.54) is 0 Å². The highest BCUT2D eigenvalue weighted by Gasteiger charge is 2.56. The van der Waals surface area contributed by atoms with Crippen LogP contribution in [-0.2, 0) is 9.59 Å². The number of primary amides is 1. The number of hydrogen-bond acceptors (Lipinski definition) is 3. The summed E-state index contributed by atoms with van der Waals surface area (Å²) in [7, 11) is 0. The Morgan fingerprint density at radius 1 is 1.46 bits per heavy atom. The third-order valence-corrected chi connectivity index (χ3v) is 2.61. The maximum Gasteiger partial charge on any atom is 0.322 e. The van der Waals surface area contributed by atoms with Crippen LogP contribution >= 0.6 is 0 Å². The molecule has 1 saturated carbocycles. The van der Waals surface area contributed by atoms with Crippen LogP contribution in [-0.4, -0.2) is 23.4 Å². The minimum atomic E-state index is -0.850. The number of carbonyl (C=O) groups excluding carboxylic acids is 3. The summed E-state index contributed by atoms with van der Waals surface area (Å²) in [5.41, 5.74) is 4.19. The first kappa shape index (κ1) is 8.03. The lowest BCUT2D eigenvalue weighted by Crippen LogP contribution is -2.59. The number of hydrogen-bond donors (Lipinski definition) is 3. The highest BCUT2D eigenvalue weighted by molar-refractivity contribution is 6.08. The minimum absolute atomic E-state index is 0.288. The van der Waals surface area contributed by atoms with Crippen molar-refractivity contribution in [1.29, 1.82) is 0 Å². The molecule has 0 unspecified atom stereocenters. The van der Waals surface area contributed by atoms with Crippen molar-refractivity contribution < 1.29 is 14.4 Å². The molecule has 2 rings (SSSR count). The van der Waals surface area contributed by atoms with E-state index in [-0.39, 0.29) is 11.8 Å². The molecular formula is C7H9N3O3. The van der Waals surface area contributed by atoms with Crippen LogP contribution < -0.4 is 16.4 Å². The number of rotatable bonds is 1. The van der Waals surface area contributed by atoms with Gasteiger partial charge in [0.2, 0.25) is 5.91 Å². The van der Waals surface area contributed by atoms with Crippen molar-refractivity contribution in [2.24, 2.45) is 11.7 Å². The predicted octanol–water partition coefficient (Wildman–Crippen LogP) is -1.54. The third-order valence-electron chi connectivity index (χ3n) is 2.61. The van der Waals surface area contributed by atoms with Crippen LogP contribution in [0.3, 0.4) is 0 Å². The smallest absolute Gasteiger partial charge is 0.322 e. The Morgan fingerprint density at radius 2 is 2.08 bits per heavy atom. The van der Waals surface area contributed by atoms with Crippen molar-refractivity contribution >= 4 is 17.8 Å². The highest BCUT2D eigenvalue weighted by atomic mass is 16.2. The zero-order valence-electron chi connectivity index (χ0n) is 6.79. The van der Waals surface area contributed by atoms with Crippen molar-refractivity contribution in [1.82, 2.24) is 10.6 Å². The van der Waals surface area contributed by atoms with Crippen LogP contribution in [0.5, 0.6) is 0 Å². The lowest BCUT2D eigenvalue weighted by Gasteiger charge is -2.40. The van der Waals surface area contributed by atoms with Gasteiger partial charge in [-0.15, -0.1) is 0 Å². The average molecular weight is 183 g/mol. The molecule has 0 radical (unpaired) electrons. The lowest BCUT2D eigenvalue weighted by atomic mass is 9.68. The van der Waals surface area contributed by atoms with Gasteiger partial charge in [-0.2, -0.15) is 0 Å². The van der Waals surface area contributed by atoms with Crippen molar-refractivity contribution in [2.45, 2.75) is 18.4 Å². The Balaban J connectivity index is 2.07. The maximum atomic E-state index is 11.2. The summed E-state index contributed by atoms with van der Waals surface area (Å²) in [4.78, 5) is 32.7. The van der Waals surface area contributed by atoms with E-state index in [1.54, 1.807) is 0 Å². The molecule has 1 saturated heterocycles. The molecule has 1 spiro atoms. The van der Waals surface area contributed by atoms with Crippen LogP contribution in [0.2, 0.25) is 0 Å². The molecule has 6 heteroatoms. The number of nitrogens with one attached hydrogen (secondary N) is 2. The second-order valence-corrected chi connectivity index (χ2v) is 3.50. The van der Waals surface area contributed by atoms with Gasteiger partial charge in [-0.1, -0.05) is 0 Å². The summed E-state index contributed by atoms with van der Waals surface area (Å²) in [6.45, 7) is 0. The molecule has 13 heavy (non-hydrogen) atoms.